The number of aromatic nitrogens is 1. The van der Waals surface area contributed by atoms with Gasteiger partial charge >= 0.3 is 0 Å². The van der Waals surface area contributed by atoms with Crippen LogP contribution in [-0.2, 0) is 4.79 Å². The van der Waals surface area contributed by atoms with Crippen LogP contribution in [0.25, 0.3) is 16.3 Å². The van der Waals surface area contributed by atoms with Gasteiger partial charge in [0.05, 0.1) is 15.1 Å². The number of nitro benzene ring substituents is 1. The van der Waals surface area contributed by atoms with E-state index in [1.807, 2.05) is 26.2 Å². The van der Waals surface area contributed by atoms with Crippen LogP contribution in [0.3, 0.4) is 0 Å². The minimum Gasteiger partial charge on any atom is -0.486 e. The Hall–Kier alpha value is -3.21. The number of fused-ring (bicyclic) bond motifs is 2. The van der Waals surface area contributed by atoms with Gasteiger partial charge in [-0.15, -0.1) is 12.4 Å². The molecule has 0 atom stereocenters. The molecule has 0 radical (unpaired) electrons. The molecule has 0 unspecified atom stereocenters. The number of carbonyl (C=O) groups excluding carboxylic acids is 1. The van der Waals surface area contributed by atoms with Crippen molar-refractivity contribution in [2.45, 2.75) is 6.42 Å². The molecule has 0 spiro atoms. The number of thiazole rings is 1. The number of non-ortho nitro benzene ring substituents is 1. The van der Waals surface area contributed by atoms with Gasteiger partial charge in [-0.1, -0.05) is 11.3 Å². The Kier molecular flexibility index (Phi) is 8.43. The smallest absolute Gasteiger partial charge is 0.269 e. The first-order chi connectivity index (χ1) is 15.9. The van der Waals surface area contributed by atoms with Gasteiger partial charge in [0, 0.05) is 36.9 Å². The van der Waals surface area contributed by atoms with Crippen LogP contribution in [0.15, 0.2) is 42.5 Å². The van der Waals surface area contributed by atoms with E-state index in [4.69, 9.17) is 14.5 Å². The van der Waals surface area contributed by atoms with Gasteiger partial charge in [0.2, 0.25) is 0 Å². The molecule has 0 N–H and O–H groups in total. The van der Waals surface area contributed by atoms with Crippen molar-refractivity contribution in [3.63, 3.8) is 0 Å². The Bertz CT molecular complexity index is 1150. The summed E-state index contributed by atoms with van der Waals surface area (Å²) in [6, 6.07) is 9.80. The average molecular weight is 505 g/mol. The molecule has 1 aliphatic heterocycles. The second-order valence-electron chi connectivity index (χ2n) is 7.79. The van der Waals surface area contributed by atoms with Crippen molar-refractivity contribution in [3.8, 4) is 11.5 Å². The van der Waals surface area contributed by atoms with Crippen molar-refractivity contribution in [1.29, 1.82) is 0 Å². The number of hydrogen-bond donors (Lipinski definition) is 0. The second-order valence-corrected chi connectivity index (χ2v) is 8.80. The molecule has 0 saturated heterocycles. The number of benzene rings is 2. The number of rotatable bonds is 8. The van der Waals surface area contributed by atoms with E-state index >= 15 is 0 Å². The van der Waals surface area contributed by atoms with Crippen LogP contribution >= 0.6 is 23.7 Å². The molecular weight excluding hydrogens is 480 g/mol. The molecule has 0 bridgehead atoms. The summed E-state index contributed by atoms with van der Waals surface area (Å²) in [5, 5.41) is 11.4. The number of carbonyl (C=O) groups is 1. The zero-order valence-corrected chi connectivity index (χ0v) is 20.4. The summed E-state index contributed by atoms with van der Waals surface area (Å²) in [4.78, 5) is 31.9. The average Bonchev–Trinajstić information content (AvgIpc) is 3.21. The lowest BCUT2D eigenvalue weighted by atomic mass is 10.2. The molecule has 2 aromatic carbocycles. The summed E-state index contributed by atoms with van der Waals surface area (Å²) in [5.41, 5.74) is 1.46. The minimum atomic E-state index is -0.452. The predicted octanol–water partition coefficient (Wildman–Crippen LogP) is 4.40. The Morgan fingerprint density at radius 2 is 1.82 bits per heavy atom. The summed E-state index contributed by atoms with van der Waals surface area (Å²) < 4.78 is 12.2. The molecule has 0 fully saturated rings. The Labute approximate surface area is 207 Å². The Morgan fingerprint density at radius 3 is 2.47 bits per heavy atom. The third-order valence-electron chi connectivity index (χ3n) is 5.05. The Morgan fingerprint density at radius 1 is 1.15 bits per heavy atom. The van der Waals surface area contributed by atoms with Gasteiger partial charge in [0.15, 0.2) is 16.6 Å². The van der Waals surface area contributed by atoms with E-state index in [9.17, 15) is 14.9 Å². The lowest BCUT2D eigenvalue weighted by molar-refractivity contribution is -0.384. The maximum Gasteiger partial charge on any atom is 0.269 e. The van der Waals surface area contributed by atoms with E-state index in [2.05, 4.69) is 4.90 Å². The summed E-state index contributed by atoms with van der Waals surface area (Å²) >= 11 is 1.43. The van der Waals surface area contributed by atoms with Crippen molar-refractivity contribution in [1.82, 2.24) is 9.88 Å². The van der Waals surface area contributed by atoms with Crippen molar-refractivity contribution in [2.24, 2.45) is 0 Å². The molecule has 34 heavy (non-hydrogen) atoms. The van der Waals surface area contributed by atoms with Gasteiger partial charge in [-0.25, -0.2) is 4.98 Å². The Balaban J connectivity index is 0.00000324. The van der Waals surface area contributed by atoms with Crippen LogP contribution in [0, 0.1) is 10.1 Å². The molecule has 11 heteroatoms. The van der Waals surface area contributed by atoms with Gasteiger partial charge in [-0.2, -0.15) is 0 Å². The first-order valence-electron chi connectivity index (χ1n) is 10.5. The molecule has 1 aromatic heterocycles. The van der Waals surface area contributed by atoms with Crippen molar-refractivity contribution in [3.05, 3.63) is 58.2 Å². The molecule has 180 valence electrons. The zero-order valence-electron chi connectivity index (χ0n) is 18.8. The fourth-order valence-corrected chi connectivity index (χ4v) is 4.39. The topological polar surface area (TPSA) is 98.0 Å². The van der Waals surface area contributed by atoms with Crippen LogP contribution in [0.1, 0.15) is 12.0 Å². The van der Waals surface area contributed by atoms with E-state index in [0.29, 0.717) is 42.0 Å². The lowest BCUT2D eigenvalue weighted by Gasteiger charge is -2.19. The van der Waals surface area contributed by atoms with E-state index in [1.54, 1.807) is 23.1 Å². The van der Waals surface area contributed by atoms with E-state index in [-0.39, 0.29) is 24.0 Å². The van der Waals surface area contributed by atoms with E-state index in [1.165, 1.54) is 29.5 Å². The van der Waals surface area contributed by atoms with Crippen molar-refractivity contribution in [2.75, 3.05) is 45.3 Å². The number of hydrogen-bond acceptors (Lipinski definition) is 8. The summed E-state index contributed by atoms with van der Waals surface area (Å²) in [6.07, 6.45) is 3.90. The van der Waals surface area contributed by atoms with Crippen molar-refractivity contribution < 1.29 is 19.2 Å². The third-order valence-corrected chi connectivity index (χ3v) is 6.09. The molecule has 1 aliphatic rings. The molecular formula is C23H25ClN4O5S. The summed E-state index contributed by atoms with van der Waals surface area (Å²) in [5.74, 6) is 1.14. The van der Waals surface area contributed by atoms with E-state index in [0.717, 1.165) is 23.2 Å². The minimum absolute atomic E-state index is 0. The van der Waals surface area contributed by atoms with Gasteiger partial charge in [-0.3, -0.25) is 19.8 Å². The van der Waals surface area contributed by atoms with Crippen LogP contribution in [0.2, 0.25) is 0 Å². The van der Waals surface area contributed by atoms with E-state index < -0.39 is 4.92 Å². The molecule has 3 aromatic rings. The fourth-order valence-electron chi connectivity index (χ4n) is 3.38. The number of anilines is 1. The highest BCUT2D eigenvalue weighted by Crippen LogP contribution is 2.38. The summed E-state index contributed by atoms with van der Waals surface area (Å²) in [6.45, 7) is 2.34. The maximum atomic E-state index is 13.1. The number of halogens is 1. The number of ether oxygens (including phenoxy) is 2. The monoisotopic (exact) mass is 504 g/mol. The molecule has 1 amide bonds. The van der Waals surface area contributed by atoms with Crippen LogP contribution in [0.4, 0.5) is 10.8 Å². The van der Waals surface area contributed by atoms with Crippen LogP contribution in [0.5, 0.6) is 11.5 Å². The molecule has 0 aliphatic carbocycles. The highest BCUT2D eigenvalue weighted by molar-refractivity contribution is 7.22. The zero-order chi connectivity index (χ0) is 23.4. The highest BCUT2D eigenvalue weighted by Gasteiger charge is 2.20. The number of nitrogens with zero attached hydrogens (tertiary/aromatic N) is 4. The van der Waals surface area contributed by atoms with Gasteiger partial charge in [-0.05, 0) is 50.8 Å². The largest absolute Gasteiger partial charge is 0.486 e. The molecule has 0 saturated carbocycles. The fraction of sp³-hybridized carbons (Fsp3) is 0.304. The van der Waals surface area contributed by atoms with Crippen LogP contribution < -0.4 is 14.4 Å². The third kappa shape index (κ3) is 6.02. The summed E-state index contributed by atoms with van der Waals surface area (Å²) in [7, 11) is 3.98. The first kappa shape index (κ1) is 25.4. The maximum absolute atomic E-state index is 13.1. The molecule has 2 heterocycles. The predicted molar refractivity (Wildman–Crippen MR) is 136 cm³/mol. The lowest BCUT2D eigenvalue weighted by Crippen LogP contribution is -2.32. The normalized spacial score (nSPS) is 12.7. The standard InChI is InChI=1S/C23H24N4O5S.ClH/c1-25(2)10-3-11-26(22(28)9-6-16-4-7-17(8-5-16)27(29)30)23-24-18-14-19-20(15-21(18)33-23)32-13-12-31-19;/h4-9,14-15H,3,10-13H2,1-2H3;1H. The number of nitro groups is 1. The number of amides is 1. The first-order valence-corrected chi connectivity index (χ1v) is 11.3. The van der Waals surface area contributed by atoms with Gasteiger partial charge < -0.3 is 14.4 Å². The highest BCUT2D eigenvalue weighted by atomic mass is 35.5. The van der Waals surface area contributed by atoms with Crippen molar-refractivity contribution >= 4 is 56.8 Å². The molecule has 4 rings (SSSR count). The van der Waals surface area contributed by atoms with Gasteiger partial charge in [0.1, 0.15) is 13.2 Å². The quantitative estimate of drug-likeness (QED) is 0.255. The molecule has 9 nitrogen and oxygen atoms in total. The second kappa shape index (κ2) is 11.3. The van der Waals surface area contributed by atoms with Gasteiger partial charge in [0.25, 0.3) is 11.6 Å². The SMILES string of the molecule is CN(C)CCCN(C(=O)C=Cc1ccc([N+](=O)[O-])cc1)c1nc2cc3c(cc2s1)OCCO3.Cl. The van der Waals surface area contributed by atoms with Crippen LogP contribution in [-0.4, -0.2) is 61.1 Å².